The molecule has 4 aromatic rings. The Labute approximate surface area is 153 Å². The summed E-state index contributed by atoms with van der Waals surface area (Å²) in [5.41, 5.74) is 6.34. The second kappa shape index (κ2) is 5.31. The lowest BCUT2D eigenvalue weighted by Gasteiger charge is -2.22. The molecule has 0 spiro atoms. The summed E-state index contributed by atoms with van der Waals surface area (Å²) in [6, 6.07) is 19.5. The molecule has 1 aliphatic heterocycles. The molecule has 5 rings (SSSR count). The number of pyridine rings is 1. The van der Waals surface area contributed by atoms with Gasteiger partial charge in [-0.3, -0.25) is 0 Å². The molecule has 0 saturated carbocycles. The fraction of sp³-hybridized carbons (Fsp3) is 0.208. The third-order valence-electron chi connectivity index (χ3n) is 5.62. The first-order valence-electron chi connectivity index (χ1n) is 9.22. The molecular weight excluding hydrogens is 318 g/mol. The van der Waals surface area contributed by atoms with Crippen LogP contribution in [0.1, 0.15) is 30.9 Å². The van der Waals surface area contributed by atoms with Crippen molar-refractivity contribution in [1.82, 2.24) is 0 Å². The minimum Gasteiger partial charge on any atom is -0.450 e. The summed E-state index contributed by atoms with van der Waals surface area (Å²) in [4.78, 5) is 0. The van der Waals surface area contributed by atoms with Crippen molar-refractivity contribution in [2.24, 2.45) is 7.05 Å². The molecule has 128 valence electrons. The number of ether oxygens (including phenoxy) is 1. The number of hydrogen-bond acceptors (Lipinski definition) is 1. The van der Waals surface area contributed by atoms with E-state index in [9.17, 15) is 0 Å². The van der Waals surface area contributed by atoms with Gasteiger partial charge in [-0.2, -0.15) is 4.57 Å². The van der Waals surface area contributed by atoms with Crippen LogP contribution < -0.4 is 9.30 Å². The SMILES string of the molecule is Cc1ccc2cccc3c2c1-c1c(cc2c(C(C)C)cccc2[n+]1C)O3. The van der Waals surface area contributed by atoms with Gasteiger partial charge in [0.2, 0.25) is 5.52 Å². The van der Waals surface area contributed by atoms with Gasteiger partial charge in [0.25, 0.3) is 5.69 Å². The monoisotopic (exact) mass is 340 g/mol. The molecule has 2 nitrogen and oxygen atoms in total. The van der Waals surface area contributed by atoms with E-state index in [-0.39, 0.29) is 0 Å². The number of aromatic nitrogens is 1. The van der Waals surface area contributed by atoms with Gasteiger partial charge in [0, 0.05) is 17.5 Å². The lowest BCUT2D eigenvalue weighted by molar-refractivity contribution is -0.633. The standard InChI is InChI=1S/C24H22NO/c1-14(2)17-8-6-9-19-18(17)13-21-24(25(19)4)22-15(3)11-12-16-7-5-10-20(26-21)23(16)22/h5-14H,1-4H3/q+1. The molecule has 2 heteroatoms. The summed E-state index contributed by atoms with van der Waals surface area (Å²) in [6.45, 7) is 6.68. The van der Waals surface area contributed by atoms with Gasteiger partial charge >= 0.3 is 0 Å². The zero-order valence-corrected chi connectivity index (χ0v) is 15.6. The maximum atomic E-state index is 6.41. The van der Waals surface area contributed by atoms with Gasteiger partial charge in [-0.15, -0.1) is 0 Å². The molecule has 3 aromatic carbocycles. The quantitative estimate of drug-likeness (QED) is 0.340. The Morgan fingerprint density at radius 2 is 1.73 bits per heavy atom. The highest BCUT2D eigenvalue weighted by molar-refractivity contribution is 6.04. The fourth-order valence-corrected chi connectivity index (χ4v) is 4.34. The maximum Gasteiger partial charge on any atom is 0.256 e. The number of nitrogens with zero attached hydrogens (tertiary/aromatic N) is 1. The van der Waals surface area contributed by atoms with Crippen molar-refractivity contribution in [3.05, 3.63) is 65.7 Å². The van der Waals surface area contributed by atoms with Gasteiger partial charge in [-0.25, -0.2) is 0 Å². The van der Waals surface area contributed by atoms with E-state index < -0.39 is 0 Å². The van der Waals surface area contributed by atoms with Gasteiger partial charge in [0.05, 0.1) is 10.9 Å². The minimum absolute atomic E-state index is 0.470. The number of benzene rings is 3. The van der Waals surface area contributed by atoms with Crippen molar-refractivity contribution in [2.75, 3.05) is 0 Å². The molecule has 0 fully saturated rings. The fourth-order valence-electron chi connectivity index (χ4n) is 4.34. The first kappa shape index (κ1) is 15.4. The van der Waals surface area contributed by atoms with E-state index in [1.165, 1.54) is 44.1 Å². The number of fused-ring (bicyclic) bond motifs is 3. The normalized spacial score (nSPS) is 12.5. The van der Waals surface area contributed by atoms with E-state index in [0.29, 0.717) is 5.92 Å². The lowest BCUT2D eigenvalue weighted by Crippen LogP contribution is -2.33. The van der Waals surface area contributed by atoms with E-state index in [4.69, 9.17) is 4.74 Å². The minimum atomic E-state index is 0.470. The average Bonchev–Trinajstić information content (AvgIpc) is 2.63. The predicted molar refractivity (Wildman–Crippen MR) is 107 cm³/mol. The Bertz CT molecular complexity index is 1200. The molecule has 2 heterocycles. The Balaban J connectivity index is 1.96. The Morgan fingerprint density at radius 3 is 2.54 bits per heavy atom. The highest BCUT2D eigenvalue weighted by Crippen LogP contribution is 2.47. The number of rotatable bonds is 1. The Hall–Kier alpha value is -2.87. The molecule has 0 radical (unpaired) electrons. The van der Waals surface area contributed by atoms with Crippen LogP contribution in [0.3, 0.4) is 0 Å². The zero-order chi connectivity index (χ0) is 18.0. The van der Waals surface area contributed by atoms with Crippen molar-refractivity contribution < 1.29 is 9.30 Å². The van der Waals surface area contributed by atoms with Crippen LogP contribution in [-0.2, 0) is 7.05 Å². The smallest absolute Gasteiger partial charge is 0.256 e. The first-order chi connectivity index (χ1) is 12.6. The molecule has 0 aliphatic carbocycles. The lowest BCUT2D eigenvalue weighted by atomic mass is 9.92. The van der Waals surface area contributed by atoms with Crippen molar-refractivity contribution in [1.29, 1.82) is 0 Å². The molecule has 1 aromatic heterocycles. The van der Waals surface area contributed by atoms with Crippen molar-refractivity contribution >= 4 is 21.7 Å². The van der Waals surface area contributed by atoms with Gasteiger partial charge < -0.3 is 4.74 Å². The van der Waals surface area contributed by atoms with Gasteiger partial charge in [0.15, 0.2) is 5.75 Å². The average molecular weight is 340 g/mol. The topological polar surface area (TPSA) is 13.1 Å². The van der Waals surface area contributed by atoms with E-state index in [1.54, 1.807) is 0 Å². The summed E-state index contributed by atoms with van der Waals surface area (Å²) >= 11 is 0. The second-order valence-corrected chi connectivity index (χ2v) is 7.56. The Morgan fingerprint density at radius 1 is 0.923 bits per heavy atom. The van der Waals surface area contributed by atoms with E-state index in [1.807, 2.05) is 0 Å². The van der Waals surface area contributed by atoms with E-state index in [0.717, 1.165) is 11.5 Å². The first-order valence-corrected chi connectivity index (χ1v) is 9.22. The van der Waals surface area contributed by atoms with Crippen LogP contribution >= 0.6 is 0 Å². The summed E-state index contributed by atoms with van der Waals surface area (Å²) in [5.74, 6) is 2.37. The van der Waals surface area contributed by atoms with Crippen LogP contribution in [0.15, 0.2) is 54.6 Å². The summed E-state index contributed by atoms with van der Waals surface area (Å²) in [5, 5.41) is 3.72. The predicted octanol–water partition coefficient (Wildman–Crippen LogP) is 6.02. The van der Waals surface area contributed by atoms with Crippen molar-refractivity contribution in [3.63, 3.8) is 0 Å². The third kappa shape index (κ3) is 1.96. The van der Waals surface area contributed by atoms with Crippen LogP contribution in [-0.4, -0.2) is 0 Å². The second-order valence-electron chi connectivity index (χ2n) is 7.56. The van der Waals surface area contributed by atoms with Crippen LogP contribution in [0.2, 0.25) is 0 Å². The number of hydrogen-bond donors (Lipinski definition) is 0. The summed E-state index contributed by atoms with van der Waals surface area (Å²) in [7, 11) is 2.15. The van der Waals surface area contributed by atoms with Crippen LogP contribution in [0, 0.1) is 6.92 Å². The van der Waals surface area contributed by atoms with Gasteiger partial charge in [-0.05, 0) is 35.4 Å². The Kier molecular flexibility index (Phi) is 3.14. The van der Waals surface area contributed by atoms with Crippen molar-refractivity contribution in [2.45, 2.75) is 26.7 Å². The maximum absolute atomic E-state index is 6.41. The molecule has 0 N–H and O–H groups in total. The summed E-state index contributed by atoms with van der Waals surface area (Å²) in [6.07, 6.45) is 0. The van der Waals surface area contributed by atoms with Crippen molar-refractivity contribution in [3.8, 4) is 22.8 Å². The summed E-state index contributed by atoms with van der Waals surface area (Å²) < 4.78 is 8.71. The highest BCUT2D eigenvalue weighted by atomic mass is 16.5. The van der Waals surface area contributed by atoms with E-state index >= 15 is 0 Å². The molecule has 1 aliphatic rings. The molecule has 26 heavy (non-hydrogen) atoms. The van der Waals surface area contributed by atoms with Crippen LogP contribution in [0.25, 0.3) is 32.9 Å². The molecule has 0 atom stereocenters. The number of aryl methyl sites for hydroxylation is 2. The molecular formula is C24H22NO+. The molecule has 0 saturated heterocycles. The van der Waals surface area contributed by atoms with Gasteiger partial charge in [0.1, 0.15) is 12.8 Å². The third-order valence-corrected chi connectivity index (χ3v) is 5.62. The van der Waals surface area contributed by atoms with Gasteiger partial charge in [-0.1, -0.05) is 50.2 Å². The van der Waals surface area contributed by atoms with Crippen LogP contribution in [0.5, 0.6) is 11.5 Å². The molecule has 0 bridgehead atoms. The molecule has 0 amide bonds. The largest absolute Gasteiger partial charge is 0.450 e. The van der Waals surface area contributed by atoms with E-state index in [2.05, 4.69) is 87.0 Å². The highest BCUT2D eigenvalue weighted by Gasteiger charge is 2.31. The van der Waals surface area contributed by atoms with Crippen LogP contribution in [0.4, 0.5) is 0 Å². The molecule has 0 unspecified atom stereocenters. The zero-order valence-electron chi connectivity index (χ0n) is 15.6.